The molecule has 0 unspecified atom stereocenters. The Hall–Kier alpha value is -3.42. The Bertz CT molecular complexity index is 887. The van der Waals surface area contributed by atoms with E-state index >= 15 is 0 Å². The molecule has 2 aromatic carbocycles. The molecule has 0 N–H and O–H groups in total. The molecule has 0 saturated heterocycles. The number of hydrogen-bond acceptors (Lipinski definition) is 6. The highest BCUT2D eigenvalue weighted by atomic mass is 16.6. The number of carbonyl (C=O) groups is 2. The first kappa shape index (κ1) is 16.4. The van der Waals surface area contributed by atoms with Crippen LogP contribution in [-0.4, -0.2) is 31.0 Å². The largest absolute Gasteiger partial charge is 0.494 e. The van der Waals surface area contributed by atoms with Crippen molar-refractivity contribution < 1.29 is 24.0 Å². The Labute approximate surface area is 142 Å². The molecule has 8 nitrogen and oxygen atoms in total. The van der Waals surface area contributed by atoms with E-state index in [0.717, 1.165) is 11.0 Å². The standard InChI is InChI=1S/C17H14N2O6/c1-9-14(24-2)12(8-13(19(22)23)15(9)25-3)18-16(20)10-6-4-5-7-11(10)17(18)21/h4-8H,1-3H3. The molecule has 128 valence electrons. The minimum absolute atomic E-state index is 0.0127. The number of nitrogens with zero attached hydrogens (tertiary/aromatic N) is 2. The lowest BCUT2D eigenvalue weighted by Crippen LogP contribution is -2.30. The number of fused-ring (bicyclic) bond motifs is 1. The Kier molecular flexibility index (Phi) is 3.88. The molecule has 0 spiro atoms. The van der Waals surface area contributed by atoms with E-state index < -0.39 is 16.7 Å². The van der Waals surface area contributed by atoms with Crippen LogP contribution in [0.2, 0.25) is 0 Å². The zero-order valence-corrected chi connectivity index (χ0v) is 13.7. The fraction of sp³-hybridized carbons (Fsp3) is 0.176. The van der Waals surface area contributed by atoms with Crippen molar-refractivity contribution in [1.82, 2.24) is 0 Å². The molecular weight excluding hydrogens is 328 g/mol. The highest BCUT2D eigenvalue weighted by Gasteiger charge is 2.40. The number of carbonyl (C=O) groups excluding carboxylic acids is 2. The van der Waals surface area contributed by atoms with Crippen molar-refractivity contribution in [3.63, 3.8) is 0 Å². The van der Waals surface area contributed by atoms with Gasteiger partial charge in [-0.3, -0.25) is 19.7 Å². The predicted molar refractivity (Wildman–Crippen MR) is 88.5 cm³/mol. The third-order valence-corrected chi connectivity index (χ3v) is 4.06. The zero-order chi connectivity index (χ0) is 18.3. The number of imide groups is 1. The number of rotatable bonds is 4. The van der Waals surface area contributed by atoms with Crippen molar-refractivity contribution in [1.29, 1.82) is 0 Å². The Morgan fingerprint density at radius 3 is 1.96 bits per heavy atom. The third kappa shape index (κ3) is 2.30. The Morgan fingerprint density at radius 1 is 1.00 bits per heavy atom. The van der Waals surface area contributed by atoms with E-state index in [1.54, 1.807) is 19.1 Å². The molecule has 2 amide bonds. The minimum Gasteiger partial charge on any atom is -0.494 e. The second-order valence-corrected chi connectivity index (χ2v) is 5.35. The maximum absolute atomic E-state index is 12.7. The van der Waals surface area contributed by atoms with Gasteiger partial charge in [-0.1, -0.05) is 12.1 Å². The topological polar surface area (TPSA) is 99.0 Å². The van der Waals surface area contributed by atoms with E-state index in [2.05, 4.69) is 0 Å². The number of nitro benzene ring substituents is 1. The molecule has 0 aromatic heterocycles. The van der Waals surface area contributed by atoms with Gasteiger partial charge in [0.1, 0.15) is 11.4 Å². The number of ether oxygens (including phenoxy) is 2. The Balaban J connectivity index is 2.26. The third-order valence-electron chi connectivity index (χ3n) is 4.06. The molecule has 3 rings (SSSR count). The van der Waals surface area contributed by atoms with Gasteiger partial charge >= 0.3 is 5.69 Å². The normalized spacial score (nSPS) is 13.0. The minimum atomic E-state index is -0.632. The SMILES string of the molecule is COc1c(N2C(=O)c3ccccc3C2=O)cc([N+](=O)[O-])c(OC)c1C. The van der Waals surface area contributed by atoms with Crippen LogP contribution in [0.1, 0.15) is 26.3 Å². The molecule has 1 heterocycles. The van der Waals surface area contributed by atoms with Crippen LogP contribution in [-0.2, 0) is 0 Å². The zero-order valence-electron chi connectivity index (χ0n) is 13.7. The van der Waals surface area contributed by atoms with E-state index in [1.807, 2.05) is 0 Å². The van der Waals surface area contributed by atoms with E-state index in [0.29, 0.717) is 5.56 Å². The predicted octanol–water partition coefficient (Wildman–Crippen LogP) is 2.72. The highest BCUT2D eigenvalue weighted by molar-refractivity contribution is 6.35. The van der Waals surface area contributed by atoms with Crippen LogP contribution < -0.4 is 14.4 Å². The summed E-state index contributed by atoms with van der Waals surface area (Å²) in [6, 6.07) is 7.48. The van der Waals surface area contributed by atoms with E-state index in [-0.39, 0.29) is 34.0 Å². The number of amides is 2. The molecule has 1 aliphatic rings. The van der Waals surface area contributed by atoms with Gasteiger partial charge < -0.3 is 9.47 Å². The van der Waals surface area contributed by atoms with Gasteiger partial charge in [-0.25, -0.2) is 4.90 Å². The summed E-state index contributed by atoms with van der Waals surface area (Å²) in [6.07, 6.45) is 0. The lowest BCUT2D eigenvalue weighted by atomic mass is 10.1. The average Bonchev–Trinajstić information content (AvgIpc) is 2.85. The summed E-state index contributed by atoms with van der Waals surface area (Å²) in [6.45, 7) is 1.56. The molecule has 0 radical (unpaired) electrons. The molecule has 25 heavy (non-hydrogen) atoms. The van der Waals surface area contributed by atoms with E-state index in [4.69, 9.17) is 9.47 Å². The number of anilines is 1. The maximum Gasteiger partial charge on any atom is 0.313 e. The van der Waals surface area contributed by atoms with Crippen molar-refractivity contribution in [3.8, 4) is 11.5 Å². The van der Waals surface area contributed by atoms with Crippen LogP contribution in [0, 0.1) is 17.0 Å². The van der Waals surface area contributed by atoms with Gasteiger partial charge in [-0.15, -0.1) is 0 Å². The quantitative estimate of drug-likeness (QED) is 0.481. The molecule has 1 aliphatic heterocycles. The van der Waals surface area contributed by atoms with E-state index in [9.17, 15) is 19.7 Å². The fourth-order valence-corrected chi connectivity index (χ4v) is 2.97. The second-order valence-electron chi connectivity index (χ2n) is 5.35. The Morgan fingerprint density at radius 2 is 1.52 bits per heavy atom. The lowest BCUT2D eigenvalue weighted by molar-refractivity contribution is -0.385. The van der Waals surface area contributed by atoms with Gasteiger partial charge in [-0.2, -0.15) is 0 Å². The number of methoxy groups -OCH3 is 2. The van der Waals surface area contributed by atoms with Crippen molar-refractivity contribution in [2.45, 2.75) is 6.92 Å². The van der Waals surface area contributed by atoms with Crippen LogP contribution >= 0.6 is 0 Å². The first-order chi connectivity index (χ1) is 11.9. The lowest BCUT2D eigenvalue weighted by Gasteiger charge is -2.20. The summed E-state index contributed by atoms with van der Waals surface area (Å²) in [7, 11) is 2.66. The number of nitro groups is 1. The van der Waals surface area contributed by atoms with Gasteiger partial charge in [0.2, 0.25) is 5.75 Å². The van der Waals surface area contributed by atoms with Crippen molar-refractivity contribution >= 4 is 23.2 Å². The number of benzene rings is 2. The van der Waals surface area contributed by atoms with Gasteiger partial charge in [0.25, 0.3) is 11.8 Å². The van der Waals surface area contributed by atoms with Gasteiger partial charge in [0.15, 0.2) is 0 Å². The van der Waals surface area contributed by atoms with Crippen molar-refractivity contribution in [2.75, 3.05) is 19.1 Å². The molecular formula is C17H14N2O6. The average molecular weight is 342 g/mol. The van der Waals surface area contributed by atoms with Crippen LogP contribution in [0.4, 0.5) is 11.4 Å². The monoisotopic (exact) mass is 342 g/mol. The first-order valence-corrected chi connectivity index (χ1v) is 7.30. The summed E-state index contributed by atoms with van der Waals surface area (Å²) in [5, 5.41) is 11.4. The van der Waals surface area contributed by atoms with Gasteiger partial charge in [-0.05, 0) is 19.1 Å². The smallest absolute Gasteiger partial charge is 0.313 e. The van der Waals surface area contributed by atoms with Crippen LogP contribution in [0.15, 0.2) is 30.3 Å². The summed E-state index contributed by atoms with van der Waals surface area (Å²) in [5.74, 6) is -0.935. The number of hydrogen-bond donors (Lipinski definition) is 0. The molecule has 2 aromatic rings. The molecule has 0 saturated carbocycles. The highest BCUT2D eigenvalue weighted by Crippen LogP contribution is 2.45. The molecule has 0 fully saturated rings. The molecule has 0 atom stereocenters. The van der Waals surface area contributed by atoms with Crippen molar-refractivity contribution in [3.05, 3.63) is 57.1 Å². The fourth-order valence-electron chi connectivity index (χ4n) is 2.97. The van der Waals surface area contributed by atoms with Gasteiger partial charge in [0, 0.05) is 11.6 Å². The van der Waals surface area contributed by atoms with Crippen LogP contribution in [0.5, 0.6) is 11.5 Å². The molecule has 0 aliphatic carbocycles. The second kappa shape index (κ2) is 5.90. The molecule has 8 heteroatoms. The van der Waals surface area contributed by atoms with Crippen LogP contribution in [0.25, 0.3) is 0 Å². The van der Waals surface area contributed by atoms with Crippen molar-refractivity contribution in [2.24, 2.45) is 0 Å². The van der Waals surface area contributed by atoms with Crippen LogP contribution in [0.3, 0.4) is 0 Å². The van der Waals surface area contributed by atoms with E-state index in [1.165, 1.54) is 26.4 Å². The first-order valence-electron chi connectivity index (χ1n) is 7.30. The summed E-state index contributed by atoms with van der Waals surface area (Å²) < 4.78 is 10.4. The van der Waals surface area contributed by atoms with Gasteiger partial charge in [0.05, 0.1) is 30.3 Å². The summed E-state index contributed by atoms with van der Waals surface area (Å²) >= 11 is 0. The summed E-state index contributed by atoms with van der Waals surface area (Å²) in [5.41, 5.74) is 0.466. The maximum atomic E-state index is 12.7. The molecule has 0 bridgehead atoms. The summed E-state index contributed by atoms with van der Waals surface area (Å²) in [4.78, 5) is 37.0.